The van der Waals surface area contributed by atoms with Crippen molar-refractivity contribution in [2.75, 3.05) is 0 Å². The van der Waals surface area contributed by atoms with E-state index < -0.39 is 0 Å². The molecule has 0 aliphatic rings. The van der Waals surface area contributed by atoms with Crippen LogP contribution in [0.5, 0.6) is 0 Å². The molecule has 0 atom stereocenters. The molecular formula is C22H14N6O. The summed E-state index contributed by atoms with van der Waals surface area (Å²) in [5.74, 6) is 0. The van der Waals surface area contributed by atoms with E-state index in [4.69, 9.17) is 4.42 Å². The molecule has 6 rings (SSSR count). The Morgan fingerprint density at radius 1 is 0.828 bits per heavy atom. The van der Waals surface area contributed by atoms with E-state index in [9.17, 15) is 0 Å². The highest BCUT2D eigenvalue weighted by atomic mass is 16.3. The number of rotatable bonds is 3. The summed E-state index contributed by atoms with van der Waals surface area (Å²) in [7, 11) is 0. The van der Waals surface area contributed by atoms with E-state index in [1.165, 1.54) is 0 Å². The van der Waals surface area contributed by atoms with Crippen molar-refractivity contribution in [2.24, 2.45) is 0 Å². The predicted octanol–water partition coefficient (Wildman–Crippen LogP) is 4.82. The zero-order valence-electron chi connectivity index (χ0n) is 15.1. The molecule has 7 heteroatoms. The largest absolute Gasteiger partial charge is 0.472 e. The first-order chi connectivity index (χ1) is 14.4. The summed E-state index contributed by atoms with van der Waals surface area (Å²) in [6.45, 7) is 0. The minimum atomic E-state index is 0.736. The summed E-state index contributed by atoms with van der Waals surface area (Å²) < 4.78 is 5.23. The summed E-state index contributed by atoms with van der Waals surface area (Å²) in [6.07, 6.45) is 10.5. The van der Waals surface area contributed by atoms with Gasteiger partial charge in [0.1, 0.15) is 5.69 Å². The molecule has 0 aliphatic heterocycles. The Labute approximate surface area is 164 Å². The number of nitrogens with zero attached hydrogens (tertiary/aromatic N) is 4. The van der Waals surface area contributed by atoms with Crippen molar-refractivity contribution < 1.29 is 4.42 Å². The Kier molecular flexibility index (Phi) is 3.33. The van der Waals surface area contributed by atoms with Gasteiger partial charge in [0.25, 0.3) is 0 Å². The molecule has 0 bridgehead atoms. The van der Waals surface area contributed by atoms with Gasteiger partial charge in [-0.2, -0.15) is 5.10 Å². The zero-order valence-corrected chi connectivity index (χ0v) is 15.1. The maximum Gasteiger partial charge on any atom is 0.155 e. The lowest BCUT2D eigenvalue weighted by Crippen LogP contribution is -1.83. The molecule has 0 aromatic carbocycles. The molecule has 0 radical (unpaired) electrons. The van der Waals surface area contributed by atoms with Crippen LogP contribution in [0.15, 0.2) is 78.1 Å². The molecule has 0 saturated heterocycles. The Morgan fingerprint density at radius 2 is 1.83 bits per heavy atom. The van der Waals surface area contributed by atoms with Gasteiger partial charge in [0, 0.05) is 57.8 Å². The van der Waals surface area contributed by atoms with Gasteiger partial charge < -0.3 is 9.40 Å². The molecule has 6 aromatic heterocycles. The summed E-state index contributed by atoms with van der Waals surface area (Å²) in [4.78, 5) is 16.7. The highest BCUT2D eigenvalue weighted by Gasteiger charge is 2.15. The second-order valence-corrected chi connectivity index (χ2v) is 6.75. The van der Waals surface area contributed by atoms with Gasteiger partial charge in [-0.05, 0) is 30.3 Å². The Hall–Kier alpha value is -4.26. The van der Waals surface area contributed by atoms with Crippen molar-refractivity contribution in [2.45, 2.75) is 0 Å². The van der Waals surface area contributed by atoms with Crippen molar-refractivity contribution in [1.82, 2.24) is 30.1 Å². The standard InChI is InChI=1S/C22H14N6O/c1-2-13(10-23-5-1)15-8-17-21(27-28-22(17)25-11-15)19-9-16-18(26-19)3-6-24-20(16)14-4-7-29-12-14/h1-12,26H,(H,25,27,28). The number of furan rings is 1. The van der Waals surface area contributed by atoms with Crippen molar-refractivity contribution in [3.63, 3.8) is 0 Å². The van der Waals surface area contributed by atoms with Gasteiger partial charge >= 0.3 is 0 Å². The first-order valence-electron chi connectivity index (χ1n) is 9.12. The molecule has 7 nitrogen and oxygen atoms in total. The van der Waals surface area contributed by atoms with Crippen LogP contribution in [0.25, 0.3) is 55.7 Å². The normalized spacial score (nSPS) is 11.4. The number of nitrogens with one attached hydrogen (secondary N) is 2. The topological polar surface area (TPSA) is 96.3 Å². The molecule has 0 aliphatic carbocycles. The average molecular weight is 378 g/mol. The highest BCUT2D eigenvalue weighted by Crippen LogP contribution is 2.33. The second kappa shape index (κ2) is 6.13. The number of H-pyrrole nitrogens is 2. The fourth-order valence-corrected chi connectivity index (χ4v) is 3.61. The van der Waals surface area contributed by atoms with Crippen LogP contribution in [-0.2, 0) is 0 Å². The van der Waals surface area contributed by atoms with Crippen molar-refractivity contribution in [1.29, 1.82) is 0 Å². The van der Waals surface area contributed by atoms with Gasteiger partial charge in [0.15, 0.2) is 5.65 Å². The summed E-state index contributed by atoms with van der Waals surface area (Å²) in [6, 6.07) is 11.9. The van der Waals surface area contributed by atoms with Crippen LogP contribution in [0, 0.1) is 0 Å². The smallest absolute Gasteiger partial charge is 0.155 e. The fraction of sp³-hybridized carbons (Fsp3) is 0. The van der Waals surface area contributed by atoms with E-state index in [2.05, 4.69) is 42.3 Å². The molecule has 0 spiro atoms. The molecule has 2 N–H and O–H groups in total. The van der Waals surface area contributed by atoms with E-state index in [1.54, 1.807) is 24.9 Å². The second-order valence-electron chi connectivity index (χ2n) is 6.75. The molecule has 29 heavy (non-hydrogen) atoms. The minimum absolute atomic E-state index is 0.736. The average Bonchev–Trinajstić information content (AvgIpc) is 3.52. The third-order valence-corrected chi connectivity index (χ3v) is 5.01. The van der Waals surface area contributed by atoms with E-state index in [0.717, 1.165) is 55.7 Å². The first-order valence-corrected chi connectivity index (χ1v) is 9.12. The third-order valence-electron chi connectivity index (χ3n) is 5.01. The molecule has 0 fully saturated rings. The van der Waals surface area contributed by atoms with E-state index >= 15 is 0 Å². The van der Waals surface area contributed by atoms with Gasteiger partial charge in [0.05, 0.1) is 23.9 Å². The maximum absolute atomic E-state index is 5.23. The molecular weight excluding hydrogens is 364 g/mol. The summed E-state index contributed by atoms with van der Waals surface area (Å²) in [5, 5.41) is 9.49. The van der Waals surface area contributed by atoms with Crippen LogP contribution in [0.4, 0.5) is 0 Å². The van der Waals surface area contributed by atoms with Crippen LogP contribution in [0.1, 0.15) is 0 Å². The van der Waals surface area contributed by atoms with Gasteiger partial charge in [-0.25, -0.2) is 4.98 Å². The Morgan fingerprint density at radius 3 is 2.69 bits per heavy atom. The SMILES string of the molecule is c1cncc(-c2cnc3[nH]nc(-c4cc5c(-c6ccoc6)nccc5[nH]4)c3c2)c1. The number of fused-ring (bicyclic) bond motifs is 2. The van der Waals surface area contributed by atoms with Crippen molar-refractivity contribution >= 4 is 21.9 Å². The third kappa shape index (κ3) is 2.52. The number of aromatic nitrogens is 6. The van der Waals surface area contributed by atoms with Crippen LogP contribution in [0.3, 0.4) is 0 Å². The van der Waals surface area contributed by atoms with Gasteiger partial charge in [0.2, 0.25) is 0 Å². The summed E-state index contributed by atoms with van der Waals surface area (Å²) in [5.41, 5.74) is 7.24. The zero-order chi connectivity index (χ0) is 19.2. The lowest BCUT2D eigenvalue weighted by atomic mass is 10.1. The van der Waals surface area contributed by atoms with E-state index in [0.29, 0.717) is 0 Å². The van der Waals surface area contributed by atoms with Crippen molar-refractivity contribution in [3.8, 4) is 33.8 Å². The van der Waals surface area contributed by atoms with Crippen LogP contribution in [-0.4, -0.2) is 30.1 Å². The van der Waals surface area contributed by atoms with E-state index in [1.807, 2.05) is 36.7 Å². The molecule has 0 amide bonds. The number of pyridine rings is 3. The molecule has 0 saturated carbocycles. The highest BCUT2D eigenvalue weighted by molar-refractivity contribution is 5.99. The monoisotopic (exact) mass is 378 g/mol. The van der Waals surface area contributed by atoms with Gasteiger partial charge in [-0.3, -0.25) is 15.1 Å². The number of hydrogen-bond acceptors (Lipinski definition) is 5. The van der Waals surface area contributed by atoms with Crippen molar-refractivity contribution in [3.05, 3.63) is 73.7 Å². The lowest BCUT2D eigenvalue weighted by molar-refractivity contribution is 0.568. The Bertz CT molecular complexity index is 1450. The number of hydrogen-bond donors (Lipinski definition) is 2. The first kappa shape index (κ1) is 15.8. The fourth-order valence-electron chi connectivity index (χ4n) is 3.61. The molecule has 6 heterocycles. The molecule has 0 unspecified atom stereocenters. The van der Waals surface area contributed by atoms with Crippen LogP contribution >= 0.6 is 0 Å². The van der Waals surface area contributed by atoms with E-state index in [-0.39, 0.29) is 0 Å². The quantitative estimate of drug-likeness (QED) is 0.460. The van der Waals surface area contributed by atoms with Gasteiger partial charge in [-0.1, -0.05) is 6.07 Å². The summed E-state index contributed by atoms with van der Waals surface area (Å²) >= 11 is 0. The lowest BCUT2D eigenvalue weighted by Gasteiger charge is -2.01. The number of aromatic amines is 2. The van der Waals surface area contributed by atoms with Gasteiger partial charge in [-0.15, -0.1) is 0 Å². The maximum atomic E-state index is 5.23. The Balaban J connectivity index is 1.53. The minimum Gasteiger partial charge on any atom is -0.472 e. The van der Waals surface area contributed by atoms with Crippen LogP contribution in [0.2, 0.25) is 0 Å². The molecule has 138 valence electrons. The molecule has 6 aromatic rings. The predicted molar refractivity (Wildman–Crippen MR) is 110 cm³/mol. The van der Waals surface area contributed by atoms with Crippen LogP contribution < -0.4 is 0 Å².